The van der Waals surface area contributed by atoms with Crippen LogP contribution in [-0.2, 0) is 11.4 Å². The molecule has 1 aliphatic heterocycles. The van der Waals surface area contributed by atoms with Gasteiger partial charge in [-0.2, -0.15) is 0 Å². The van der Waals surface area contributed by atoms with Gasteiger partial charge < -0.3 is 15.5 Å². The van der Waals surface area contributed by atoms with Crippen LogP contribution in [0.5, 0.6) is 0 Å². The molecule has 2 N–H and O–H groups in total. The minimum atomic E-state index is 0.557. The van der Waals surface area contributed by atoms with Crippen molar-refractivity contribution in [1.29, 1.82) is 0 Å². The van der Waals surface area contributed by atoms with Gasteiger partial charge in [0.2, 0.25) is 0 Å². The molecule has 1 aromatic carbocycles. The standard InChI is InChI=1S/C15H23N3O/c16-9-4-10-18-11-7-15(8-12-18)17-19-13-14-5-2-1-3-6-14/h1-3,5-6H,4,7-13,16H2. The first-order valence-electron chi connectivity index (χ1n) is 7.02. The molecule has 0 aromatic heterocycles. The van der Waals surface area contributed by atoms with E-state index >= 15 is 0 Å². The molecular weight excluding hydrogens is 238 g/mol. The highest BCUT2D eigenvalue weighted by Crippen LogP contribution is 2.09. The maximum atomic E-state index is 5.52. The lowest BCUT2D eigenvalue weighted by Crippen LogP contribution is -2.35. The summed E-state index contributed by atoms with van der Waals surface area (Å²) in [6.07, 6.45) is 3.11. The molecule has 0 aliphatic carbocycles. The van der Waals surface area contributed by atoms with E-state index in [2.05, 4.69) is 22.2 Å². The third-order valence-corrected chi connectivity index (χ3v) is 3.38. The minimum Gasteiger partial charge on any atom is -0.391 e. The molecule has 0 radical (unpaired) electrons. The Bertz CT molecular complexity index is 382. The Morgan fingerprint density at radius 1 is 1.16 bits per heavy atom. The molecule has 0 unspecified atom stereocenters. The summed E-state index contributed by atoms with van der Waals surface area (Å²) in [6, 6.07) is 10.1. The van der Waals surface area contributed by atoms with E-state index in [1.54, 1.807) is 0 Å². The van der Waals surface area contributed by atoms with Crippen molar-refractivity contribution in [3.05, 3.63) is 35.9 Å². The normalized spacial score (nSPS) is 16.4. The number of nitrogens with zero attached hydrogens (tertiary/aromatic N) is 2. The second-order valence-corrected chi connectivity index (χ2v) is 4.90. The van der Waals surface area contributed by atoms with Crippen molar-refractivity contribution < 1.29 is 4.84 Å². The molecule has 0 atom stereocenters. The number of benzene rings is 1. The summed E-state index contributed by atoms with van der Waals surface area (Å²) in [6.45, 7) is 4.59. The van der Waals surface area contributed by atoms with E-state index in [-0.39, 0.29) is 0 Å². The zero-order valence-electron chi connectivity index (χ0n) is 11.4. The van der Waals surface area contributed by atoms with Crippen LogP contribution in [0.3, 0.4) is 0 Å². The van der Waals surface area contributed by atoms with Crippen LogP contribution in [0, 0.1) is 0 Å². The van der Waals surface area contributed by atoms with Crippen LogP contribution in [0.25, 0.3) is 0 Å². The molecule has 1 heterocycles. The van der Waals surface area contributed by atoms with Crippen LogP contribution in [0.1, 0.15) is 24.8 Å². The third kappa shape index (κ3) is 5.01. The van der Waals surface area contributed by atoms with Gasteiger partial charge in [0.1, 0.15) is 6.61 Å². The predicted molar refractivity (Wildman–Crippen MR) is 78.0 cm³/mol. The van der Waals surface area contributed by atoms with Gasteiger partial charge in [-0.1, -0.05) is 35.5 Å². The molecule has 1 aromatic rings. The highest BCUT2D eigenvalue weighted by atomic mass is 16.6. The van der Waals surface area contributed by atoms with Crippen LogP contribution in [-0.4, -0.2) is 36.8 Å². The molecular formula is C15H23N3O. The molecule has 4 heteroatoms. The molecule has 4 nitrogen and oxygen atoms in total. The number of likely N-dealkylation sites (tertiary alicyclic amines) is 1. The predicted octanol–water partition coefficient (Wildman–Crippen LogP) is 2.00. The van der Waals surface area contributed by atoms with Crippen molar-refractivity contribution in [2.75, 3.05) is 26.2 Å². The SMILES string of the molecule is NCCCN1CCC(=NOCc2ccccc2)CC1. The van der Waals surface area contributed by atoms with E-state index in [1.165, 1.54) is 5.71 Å². The first kappa shape index (κ1) is 14.0. The van der Waals surface area contributed by atoms with Gasteiger partial charge in [-0.3, -0.25) is 0 Å². The highest BCUT2D eigenvalue weighted by Gasteiger charge is 2.14. The first-order valence-corrected chi connectivity index (χ1v) is 7.02. The Hall–Kier alpha value is -1.39. The lowest BCUT2D eigenvalue weighted by molar-refractivity contribution is 0.127. The maximum absolute atomic E-state index is 5.52. The summed E-state index contributed by atoms with van der Waals surface area (Å²) < 4.78 is 0. The van der Waals surface area contributed by atoms with E-state index in [4.69, 9.17) is 10.6 Å². The van der Waals surface area contributed by atoms with Crippen LogP contribution >= 0.6 is 0 Å². The second-order valence-electron chi connectivity index (χ2n) is 4.90. The number of nitrogens with two attached hydrogens (primary N) is 1. The molecule has 104 valence electrons. The van der Waals surface area contributed by atoms with Gasteiger partial charge in [0.25, 0.3) is 0 Å². The Morgan fingerprint density at radius 2 is 1.89 bits per heavy atom. The monoisotopic (exact) mass is 261 g/mol. The second kappa shape index (κ2) is 7.92. The summed E-state index contributed by atoms with van der Waals surface area (Å²) in [4.78, 5) is 7.87. The summed E-state index contributed by atoms with van der Waals surface area (Å²) in [5, 5.41) is 4.26. The van der Waals surface area contributed by atoms with Crippen LogP contribution in [0.2, 0.25) is 0 Å². The average Bonchev–Trinajstić information content (AvgIpc) is 2.47. The Balaban J connectivity index is 1.68. The topological polar surface area (TPSA) is 50.8 Å². The van der Waals surface area contributed by atoms with E-state index < -0.39 is 0 Å². The molecule has 19 heavy (non-hydrogen) atoms. The van der Waals surface area contributed by atoms with Crippen molar-refractivity contribution in [3.63, 3.8) is 0 Å². The molecule has 1 fully saturated rings. The molecule has 1 saturated heterocycles. The number of oxime groups is 1. The smallest absolute Gasteiger partial charge is 0.142 e. The minimum absolute atomic E-state index is 0.557. The molecule has 0 bridgehead atoms. The maximum Gasteiger partial charge on any atom is 0.142 e. The van der Waals surface area contributed by atoms with Crippen molar-refractivity contribution in [2.24, 2.45) is 10.9 Å². The Morgan fingerprint density at radius 3 is 2.58 bits per heavy atom. The van der Waals surface area contributed by atoms with Gasteiger partial charge >= 0.3 is 0 Å². The van der Waals surface area contributed by atoms with Crippen LogP contribution in [0.15, 0.2) is 35.5 Å². The van der Waals surface area contributed by atoms with Crippen molar-refractivity contribution in [2.45, 2.75) is 25.9 Å². The van der Waals surface area contributed by atoms with E-state index in [1.807, 2.05) is 18.2 Å². The largest absolute Gasteiger partial charge is 0.391 e. The summed E-state index contributed by atoms with van der Waals surface area (Å²) in [5.74, 6) is 0. The Kier molecular flexibility index (Phi) is 5.85. The van der Waals surface area contributed by atoms with Gasteiger partial charge in [-0.05, 0) is 25.1 Å². The van der Waals surface area contributed by atoms with E-state index in [9.17, 15) is 0 Å². The quantitative estimate of drug-likeness (QED) is 0.797. The van der Waals surface area contributed by atoms with Gasteiger partial charge in [0.15, 0.2) is 0 Å². The van der Waals surface area contributed by atoms with E-state index in [0.717, 1.165) is 51.0 Å². The van der Waals surface area contributed by atoms with Crippen LogP contribution < -0.4 is 5.73 Å². The Labute approximate surface area is 115 Å². The molecule has 0 saturated carbocycles. The summed E-state index contributed by atoms with van der Waals surface area (Å²) >= 11 is 0. The van der Waals surface area contributed by atoms with Crippen LogP contribution in [0.4, 0.5) is 0 Å². The fourth-order valence-electron chi connectivity index (χ4n) is 2.21. The van der Waals surface area contributed by atoms with Crippen molar-refractivity contribution >= 4 is 5.71 Å². The average molecular weight is 261 g/mol. The zero-order valence-corrected chi connectivity index (χ0v) is 11.4. The van der Waals surface area contributed by atoms with Gasteiger partial charge in [-0.15, -0.1) is 0 Å². The third-order valence-electron chi connectivity index (χ3n) is 3.38. The zero-order chi connectivity index (χ0) is 13.3. The number of piperidine rings is 1. The van der Waals surface area contributed by atoms with Crippen molar-refractivity contribution in [3.8, 4) is 0 Å². The van der Waals surface area contributed by atoms with Crippen molar-refractivity contribution in [1.82, 2.24) is 4.90 Å². The number of hydrogen-bond acceptors (Lipinski definition) is 4. The fourth-order valence-corrected chi connectivity index (χ4v) is 2.21. The van der Waals surface area contributed by atoms with Gasteiger partial charge in [0.05, 0.1) is 5.71 Å². The molecule has 0 spiro atoms. The first-order chi connectivity index (χ1) is 9.38. The lowest BCUT2D eigenvalue weighted by atomic mass is 10.1. The summed E-state index contributed by atoms with van der Waals surface area (Å²) in [7, 11) is 0. The molecule has 0 amide bonds. The number of hydrogen-bond donors (Lipinski definition) is 1. The van der Waals surface area contributed by atoms with Gasteiger partial charge in [0, 0.05) is 25.9 Å². The number of rotatable bonds is 6. The van der Waals surface area contributed by atoms with Gasteiger partial charge in [-0.25, -0.2) is 0 Å². The fraction of sp³-hybridized carbons (Fsp3) is 0.533. The molecule has 2 rings (SSSR count). The van der Waals surface area contributed by atoms with E-state index in [0.29, 0.717) is 6.61 Å². The summed E-state index contributed by atoms with van der Waals surface area (Å²) in [5.41, 5.74) is 7.86. The highest BCUT2D eigenvalue weighted by molar-refractivity contribution is 5.84. The molecule has 1 aliphatic rings. The lowest BCUT2D eigenvalue weighted by Gasteiger charge is -2.26.